The zero-order chi connectivity index (χ0) is 15.6. The van der Waals surface area contributed by atoms with Crippen LogP contribution in [0, 0.1) is 0 Å². The fourth-order valence-corrected chi connectivity index (χ4v) is 6.81. The highest BCUT2D eigenvalue weighted by molar-refractivity contribution is 7.73. The Hall–Kier alpha value is 0.0400. The standard InChI is InChI=1S/C12H26O6P2/c1-6-11-12(19(13,15-7-2)16-8-3)20(14,17-9-4)18-10-5/h6,11-12H,7-10H2,1-5H3/b11-6+. The van der Waals surface area contributed by atoms with Gasteiger partial charge in [0.1, 0.15) is 0 Å². The number of rotatable bonds is 11. The van der Waals surface area contributed by atoms with Gasteiger partial charge in [0.05, 0.1) is 26.4 Å². The summed E-state index contributed by atoms with van der Waals surface area (Å²) in [6.45, 7) is 9.27. The van der Waals surface area contributed by atoms with Gasteiger partial charge in [-0.3, -0.25) is 9.13 Å². The summed E-state index contributed by atoms with van der Waals surface area (Å²) in [5.41, 5.74) is 0. The molecule has 0 aliphatic heterocycles. The number of allylic oxidation sites excluding steroid dienone is 2. The lowest BCUT2D eigenvalue weighted by atomic mass is 10.6. The van der Waals surface area contributed by atoms with Crippen molar-refractivity contribution in [1.29, 1.82) is 0 Å². The van der Waals surface area contributed by atoms with Gasteiger partial charge in [-0.2, -0.15) is 0 Å². The summed E-state index contributed by atoms with van der Waals surface area (Å²) in [7, 11) is -7.25. The second-order valence-electron chi connectivity index (χ2n) is 3.69. The molecule has 0 rings (SSSR count). The molecule has 6 nitrogen and oxygen atoms in total. The number of hydrogen-bond acceptors (Lipinski definition) is 6. The Morgan fingerprint density at radius 1 is 0.800 bits per heavy atom. The van der Waals surface area contributed by atoms with Crippen molar-refractivity contribution in [1.82, 2.24) is 0 Å². The molecule has 8 heteroatoms. The van der Waals surface area contributed by atoms with Crippen molar-refractivity contribution in [3.8, 4) is 0 Å². The molecular weight excluding hydrogens is 302 g/mol. The first-order valence-electron chi connectivity index (χ1n) is 6.84. The van der Waals surface area contributed by atoms with E-state index in [-0.39, 0.29) is 26.4 Å². The second-order valence-corrected chi connectivity index (χ2v) is 8.40. The van der Waals surface area contributed by atoms with Crippen LogP contribution in [0.3, 0.4) is 0 Å². The van der Waals surface area contributed by atoms with Crippen LogP contribution >= 0.6 is 15.2 Å². The third-order valence-corrected chi connectivity index (χ3v) is 8.06. The fourth-order valence-electron chi connectivity index (χ4n) is 1.66. The van der Waals surface area contributed by atoms with Crippen LogP contribution in [0.2, 0.25) is 0 Å². The van der Waals surface area contributed by atoms with Crippen LogP contribution in [0.1, 0.15) is 34.6 Å². The van der Waals surface area contributed by atoms with Crippen molar-refractivity contribution >= 4 is 15.2 Å². The van der Waals surface area contributed by atoms with Crippen molar-refractivity contribution in [3.63, 3.8) is 0 Å². The predicted octanol–water partition coefficient (Wildman–Crippen LogP) is 4.42. The van der Waals surface area contributed by atoms with Gasteiger partial charge < -0.3 is 18.1 Å². The van der Waals surface area contributed by atoms with E-state index in [1.807, 2.05) is 0 Å². The summed E-state index contributed by atoms with van der Waals surface area (Å²) >= 11 is 0. The molecule has 20 heavy (non-hydrogen) atoms. The van der Waals surface area contributed by atoms with Gasteiger partial charge in [-0.1, -0.05) is 12.2 Å². The van der Waals surface area contributed by atoms with E-state index in [4.69, 9.17) is 18.1 Å². The molecule has 0 aromatic rings. The lowest BCUT2D eigenvalue weighted by Gasteiger charge is -2.29. The number of hydrogen-bond donors (Lipinski definition) is 0. The minimum Gasteiger partial charge on any atom is -0.308 e. The molecule has 0 fully saturated rings. The summed E-state index contributed by atoms with van der Waals surface area (Å²) < 4.78 is 46.8. The first kappa shape index (κ1) is 20.0. The van der Waals surface area contributed by atoms with Crippen LogP contribution in [-0.2, 0) is 27.2 Å². The third-order valence-electron chi connectivity index (χ3n) is 2.25. The highest BCUT2D eigenvalue weighted by atomic mass is 31.2. The normalized spacial score (nSPS) is 13.5. The van der Waals surface area contributed by atoms with Crippen molar-refractivity contribution < 1.29 is 27.2 Å². The maximum atomic E-state index is 12.9. The van der Waals surface area contributed by atoms with Crippen molar-refractivity contribution in [2.24, 2.45) is 0 Å². The topological polar surface area (TPSA) is 71.1 Å². The predicted molar refractivity (Wildman–Crippen MR) is 80.3 cm³/mol. The van der Waals surface area contributed by atoms with Gasteiger partial charge in [-0.15, -0.1) is 0 Å². The van der Waals surface area contributed by atoms with Crippen LogP contribution in [0.25, 0.3) is 0 Å². The first-order chi connectivity index (χ1) is 9.44. The fraction of sp³-hybridized carbons (Fsp3) is 0.833. The third kappa shape index (κ3) is 5.44. The average Bonchev–Trinajstić information content (AvgIpc) is 2.36. The van der Waals surface area contributed by atoms with Gasteiger partial charge in [0, 0.05) is 0 Å². The van der Waals surface area contributed by atoms with Gasteiger partial charge in [-0.05, 0) is 34.6 Å². The Kier molecular flexibility index (Phi) is 9.90. The van der Waals surface area contributed by atoms with Gasteiger partial charge in [0.15, 0.2) is 5.40 Å². The van der Waals surface area contributed by atoms with Crippen LogP contribution in [0.15, 0.2) is 12.2 Å². The van der Waals surface area contributed by atoms with Crippen LogP contribution in [0.4, 0.5) is 0 Å². The Bertz CT molecular complexity index is 332. The van der Waals surface area contributed by atoms with E-state index in [0.29, 0.717) is 0 Å². The van der Waals surface area contributed by atoms with E-state index in [1.54, 1.807) is 40.7 Å². The van der Waals surface area contributed by atoms with Gasteiger partial charge in [-0.25, -0.2) is 0 Å². The molecule has 0 saturated carbocycles. The van der Waals surface area contributed by atoms with Crippen molar-refractivity contribution in [2.75, 3.05) is 26.4 Å². The maximum absolute atomic E-state index is 12.9. The zero-order valence-corrected chi connectivity index (χ0v) is 14.7. The molecule has 0 aromatic heterocycles. The maximum Gasteiger partial charge on any atom is 0.349 e. The first-order valence-corrected chi connectivity index (χ1v) is 10.1. The molecule has 0 aliphatic carbocycles. The summed E-state index contributed by atoms with van der Waals surface area (Å²) in [4.78, 5) is 0. The second kappa shape index (κ2) is 9.88. The van der Waals surface area contributed by atoms with E-state index in [1.165, 1.54) is 6.08 Å². The SMILES string of the molecule is C/C=C/C(P(=O)(OCC)OCC)P(=O)(OCC)OCC. The van der Waals surface area contributed by atoms with Gasteiger partial charge in [0.25, 0.3) is 0 Å². The molecule has 0 spiro atoms. The highest BCUT2D eigenvalue weighted by Crippen LogP contribution is 2.70. The molecule has 0 heterocycles. The minimum atomic E-state index is -3.63. The van der Waals surface area contributed by atoms with Crippen LogP contribution in [0.5, 0.6) is 0 Å². The lowest BCUT2D eigenvalue weighted by Crippen LogP contribution is -2.15. The molecule has 0 N–H and O–H groups in total. The molecule has 0 unspecified atom stereocenters. The molecule has 0 amide bonds. The van der Waals surface area contributed by atoms with Gasteiger partial charge >= 0.3 is 15.2 Å². The lowest BCUT2D eigenvalue weighted by molar-refractivity contribution is 0.200. The monoisotopic (exact) mass is 328 g/mol. The van der Waals surface area contributed by atoms with E-state index in [2.05, 4.69) is 0 Å². The molecule has 0 saturated heterocycles. The molecule has 0 radical (unpaired) electrons. The Balaban J connectivity index is 5.66. The van der Waals surface area contributed by atoms with E-state index in [9.17, 15) is 9.13 Å². The Labute approximate surface area is 121 Å². The zero-order valence-electron chi connectivity index (χ0n) is 12.9. The summed E-state index contributed by atoms with van der Waals surface area (Å²) in [6.07, 6.45) is 3.15. The van der Waals surface area contributed by atoms with Crippen molar-refractivity contribution in [3.05, 3.63) is 12.2 Å². The molecule has 0 bridgehead atoms. The minimum absolute atomic E-state index is 0.184. The average molecular weight is 328 g/mol. The quantitative estimate of drug-likeness (QED) is 0.413. The summed E-state index contributed by atoms with van der Waals surface area (Å²) in [5, 5.41) is -1.06. The molecule has 0 aliphatic rings. The molecule has 120 valence electrons. The Morgan fingerprint density at radius 2 is 1.10 bits per heavy atom. The largest absolute Gasteiger partial charge is 0.349 e. The summed E-state index contributed by atoms with van der Waals surface area (Å²) in [5.74, 6) is 0. The molecule has 0 aromatic carbocycles. The van der Waals surface area contributed by atoms with E-state index >= 15 is 0 Å². The van der Waals surface area contributed by atoms with Crippen molar-refractivity contribution in [2.45, 2.75) is 40.0 Å². The van der Waals surface area contributed by atoms with Crippen LogP contribution in [-0.4, -0.2) is 31.8 Å². The van der Waals surface area contributed by atoms with E-state index in [0.717, 1.165) is 0 Å². The molecule has 0 atom stereocenters. The van der Waals surface area contributed by atoms with Gasteiger partial charge in [0.2, 0.25) is 0 Å². The van der Waals surface area contributed by atoms with Crippen LogP contribution < -0.4 is 0 Å². The Morgan fingerprint density at radius 3 is 1.30 bits per heavy atom. The highest BCUT2D eigenvalue weighted by Gasteiger charge is 2.49. The smallest absolute Gasteiger partial charge is 0.308 e. The summed E-state index contributed by atoms with van der Waals surface area (Å²) in [6, 6.07) is 0. The van der Waals surface area contributed by atoms with E-state index < -0.39 is 20.6 Å². The molecular formula is C12H26O6P2.